The van der Waals surface area contributed by atoms with Crippen LogP contribution in [0.15, 0.2) is 12.4 Å². The van der Waals surface area contributed by atoms with E-state index in [0.29, 0.717) is 12.3 Å². The molecule has 1 aliphatic rings. The molecule has 0 bridgehead atoms. The van der Waals surface area contributed by atoms with Crippen LogP contribution in [0.4, 0.5) is 0 Å². The molecule has 1 aliphatic heterocycles. The Kier molecular flexibility index (Phi) is 2.67. The minimum Gasteiger partial charge on any atom is -0.475 e. The predicted molar refractivity (Wildman–Crippen MR) is 61.4 cm³/mol. The molecule has 94 valence electrons. The van der Waals surface area contributed by atoms with Crippen molar-refractivity contribution in [2.45, 2.75) is 18.9 Å². The molecule has 1 N–H and O–H groups in total. The zero-order valence-electron chi connectivity index (χ0n) is 9.61. The molecule has 0 amide bonds. The summed E-state index contributed by atoms with van der Waals surface area (Å²) in [5, 5.41) is 13.9. The molecule has 2 aromatic rings. The van der Waals surface area contributed by atoms with Gasteiger partial charge in [-0.05, 0) is 12.8 Å². The van der Waals surface area contributed by atoms with E-state index >= 15 is 0 Å². The van der Waals surface area contributed by atoms with Crippen molar-refractivity contribution in [1.29, 1.82) is 0 Å². The van der Waals surface area contributed by atoms with Crippen LogP contribution in [-0.2, 0) is 4.74 Å². The number of rotatable bonds is 2. The highest BCUT2D eigenvalue weighted by Crippen LogP contribution is 2.22. The van der Waals surface area contributed by atoms with Crippen molar-refractivity contribution >= 4 is 17.0 Å². The van der Waals surface area contributed by atoms with Crippen molar-refractivity contribution in [3.63, 3.8) is 0 Å². The van der Waals surface area contributed by atoms with Gasteiger partial charge >= 0.3 is 5.97 Å². The van der Waals surface area contributed by atoms with Crippen molar-refractivity contribution < 1.29 is 14.6 Å². The van der Waals surface area contributed by atoms with Crippen molar-refractivity contribution in [3.8, 4) is 0 Å². The Labute approximate surface area is 102 Å². The molecule has 3 heterocycles. The van der Waals surface area contributed by atoms with Gasteiger partial charge in [-0.2, -0.15) is 5.10 Å². The maximum atomic E-state index is 10.9. The lowest BCUT2D eigenvalue weighted by atomic mass is 10.1. The topological polar surface area (TPSA) is 90.1 Å². The van der Waals surface area contributed by atoms with Crippen molar-refractivity contribution in [2.24, 2.45) is 0 Å². The van der Waals surface area contributed by atoms with Crippen LogP contribution >= 0.6 is 0 Å². The summed E-state index contributed by atoms with van der Waals surface area (Å²) in [4.78, 5) is 18.7. The third-order valence-electron chi connectivity index (χ3n) is 3.01. The predicted octanol–water partition coefficient (Wildman–Crippen LogP) is 0.876. The number of nitrogens with zero attached hydrogens (tertiary/aromatic N) is 4. The first-order valence-electron chi connectivity index (χ1n) is 5.77. The first-order valence-corrected chi connectivity index (χ1v) is 5.77. The monoisotopic (exact) mass is 248 g/mol. The summed E-state index contributed by atoms with van der Waals surface area (Å²) in [6, 6.07) is 0.118. The number of aromatic nitrogens is 4. The first kappa shape index (κ1) is 11.1. The number of fused-ring (bicyclic) bond motifs is 1. The normalized spacial score (nSPS) is 20.1. The van der Waals surface area contributed by atoms with Gasteiger partial charge in [-0.15, -0.1) is 0 Å². The number of hydrogen-bond acceptors (Lipinski definition) is 5. The van der Waals surface area contributed by atoms with Crippen molar-refractivity contribution in [2.75, 3.05) is 13.2 Å². The number of carboxylic acids is 1. The largest absolute Gasteiger partial charge is 0.475 e. The average Bonchev–Trinajstić information content (AvgIpc) is 2.82. The second-order valence-electron chi connectivity index (χ2n) is 4.24. The molecule has 0 spiro atoms. The molecule has 1 unspecified atom stereocenters. The van der Waals surface area contributed by atoms with Gasteiger partial charge in [0.1, 0.15) is 0 Å². The van der Waals surface area contributed by atoms with Crippen molar-refractivity contribution in [3.05, 3.63) is 18.2 Å². The quantitative estimate of drug-likeness (QED) is 0.848. The summed E-state index contributed by atoms with van der Waals surface area (Å²) in [6.07, 6.45) is 5.07. The molecule has 18 heavy (non-hydrogen) atoms. The molecular formula is C11H12N4O3. The van der Waals surface area contributed by atoms with Gasteiger partial charge in [-0.25, -0.2) is 19.4 Å². The van der Waals surface area contributed by atoms with E-state index < -0.39 is 5.97 Å². The summed E-state index contributed by atoms with van der Waals surface area (Å²) >= 11 is 0. The fraction of sp³-hybridized carbons (Fsp3) is 0.455. The number of carbonyl (C=O) groups is 1. The fourth-order valence-corrected chi connectivity index (χ4v) is 2.12. The number of aromatic carboxylic acids is 1. The Morgan fingerprint density at radius 3 is 3.11 bits per heavy atom. The van der Waals surface area contributed by atoms with Crippen LogP contribution in [-0.4, -0.2) is 44.0 Å². The van der Waals surface area contributed by atoms with Crippen LogP contribution in [0.3, 0.4) is 0 Å². The summed E-state index contributed by atoms with van der Waals surface area (Å²) in [6.45, 7) is 1.36. The highest BCUT2D eigenvalue weighted by molar-refractivity contribution is 5.86. The molecule has 2 aromatic heterocycles. The van der Waals surface area contributed by atoms with E-state index in [4.69, 9.17) is 9.84 Å². The standard InChI is InChI=1S/C11H12N4O3/c16-11(17)9-12-4-7-5-13-15(10(7)14-9)8-2-1-3-18-6-8/h4-5,8H,1-3,6H2,(H,16,17). The maximum absolute atomic E-state index is 10.9. The minimum atomic E-state index is -1.13. The molecule has 1 atom stereocenters. The number of ether oxygens (including phenoxy) is 1. The van der Waals surface area contributed by atoms with Crippen LogP contribution in [0.2, 0.25) is 0 Å². The highest BCUT2D eigenvalue weighted by Gasteiger charge is 2.20. The molecule has 7 nitrogen and oxygen atoms in total. The molecule has 3 rings (SSSR count). The zero-order chi connectivity index (χ0) is 12.5. The molecule has 1 fully saturated rings. The smallest absolute Gasteiger partial charge is 0.374 e. The van der Waals surface area contributed by atoms with Crippen LogP contribution in [0.1, 0.15) is 29.5 Å². The van der Waals surface area contributed by atoms with E-state index in [-0.39, 0.29) is 11.9 Å². The van der Waals surface area contributed by atoms with Gasteiger partial charge in [-0.1, -0.05) is 0 Å². The lowest BCUT2D eigenvalue weighted by Gasteiger charge is -2.22. The van der Waals surface area contributed by atoms with Crippen molar-refractivity contribution in [1.82, 2.24) is 19.7 Å². The Morgan fingerprint density at radius 1 is 1.50 bits per heavy atom. The maximum Gasteiger partial charge on any atom is 0.374 e. The Morgan fingerprint density at radius 2 is 2.39 bits per heavy atom. The molecule has 0 saturated carbocycles. The van der Waals surface area contributed by atoms with Gasteiger partial charge in [0.2, 0.25) is 5.82 Å². The second kappa shape index (κ2) is 4.34. The number of hydrogen-bond donors (Lipinski definition) is 1. The van der Waals surface area contributed by atoms with E-state index in [0.717, 1.165) is 24.8 Å². The third-order valence-corrected chi connectivity index (χ3v) is 3.01. The van der Waals surface area contributed by atoms with Crippen LogP contribution in [0.25, 0.3) is 11.0 Å². The van der Waals surface area contributed by atoms with E-state index in [1.807, 2.05) is 0 Å². The fourth-order valence-electron chi connectivity index (χ4n) is 2.12. The van der Waals surface area contributed by atoms with Crippen LogP contribution in [0, 0.1) is 0 Å². The minimum absolute atomic E-state index is 0.118. The Bertz CT molecular complexity index is 589. The Balaban J connectivity index is 2.05. The molecule has 1 saturated heterocycles. The summed E-state index contributed by atoms with van der Waals surface area (Å²) in [7, 11) is 0. The first-order chi connectivity index (χ1) is 8.75. The molecule has 7 heteroatoms. The second-order valence-corrected chi connectivity index (χ2v) is 4.24. The lowest BCUT2D eigenvalue weighted by molar-refractivity contribution is 0.0562. The van der Waals surface area contributed by atoms with Crippen LogP contribution in [0.5, 0.6) is 0 Å². The van der Waals surface area contributed by atoms with Gasteiger partial charge in [0.15, 0.2) is 5.65 Å². The summed E-state index contributed by atoms with van der Waals surface area (Å²) in [5.74, 6) is -1.34. The van der Waals surface area contributed by atoms with Gasteiger partial charge in [-0.3, -0.25) is 0 Å². The van der Waals surface area contributed by atoms with E-state index in [1.54, 1.807) is 10.9 Å². The molecule has 0 radical (unpaired) electrons. The van der Waals surface area contributed by atoms with E-state index in [2.05, 4.69) is 15.1 Å². The van der Waals surface area contributed by atoms with Gasteiger partial charge in [0.05, 0.1) is 24.2 Å². The Hall–Kier alpha value is -2.02. The zero-order valence-corrected chi connectivity index (χ0v) is 9.61. The lowest BCUT2D eigenvalue weighted by Crippen LogP contribution is -2.22. The summed E-state index contributed by atoms with van der Waals surface area (Å²) in [5.41, 5.74) is 0.554. The summed E-state index contributed by atoms with van der Waals surface area (Å²) < 4.78 is 7.15. The van der Waals surface area contributed by atoms with Gasteiger partial charge < -0.3 is 9.84 Å². The van der Waals surface area contributed by atoms with E-state index in [9.17, 15) is 4.79 Å². The number of carboxylic acid groups (broad SMARTS) is 1. The third kappa shape index (κ3) is 1.82. The molecule has 0 aliphatic carbocycles. The SMILES string of the molecule is O=C(O)c1ncc2cnn(C3CCCOC3)c2n1. The van der Waals surface area contributed by atoms with Crippen LogP contribution < -0.4 is 0 Å². The molecule has 0 aromatic carbocycles. The molecular weight excluding hydrogens is 236 g/mol. The van der Waals surface area contributed by atoms with E-state index in [1.165, 1.54) is 6.20 Å². The van der Waals surface area contributed by atoms with Gasteiger partial charge in [0, 0.05) is 12.8 Å². The average molecular weight is 248 g/mol. The van der Waals surface area contributed by atoms with Gasteiger partial charge in [0.25, 0.3) is 0 Å². The highest BCUT2D eigenvalue weighted by atomic mass is 16.5.